The third kappa shape index (κ3) is 3.11. The van der Waals surface area contributed by atoms with E-state index >= 15 is 0 Å². The van der Waals surface area contributed by atoms with Crippen molar-refractivity contribution < 1.29 is 14.4 Å². The highest BCUT2D eigenvalue weighted by Gasteiger charge is 2.28. The van der Waals surface area contributed by atoms with Crippen molar-refractivity contribution in [1.82, 2.24) is 15.0 Å². The number of aromatic nitrogens is 2. The fourth-order valence-electron chi connectivity index (χ4n) is 2.51. The van der Waals surface area contributed by atoms with Gasteiger partial charge in [-0.05, 0) is 32.0 Å². The lowest BCUT2D eigenvalue weighted by molar-refractivity contribution is -0.141. The maximum absolute atomic E-state index is 10.9. The summed E-state index contributed by atoms with van der Waals surface area (Å²) in [5, 5.41) is 13.0. The molecule has 1 aromatic heterocycles. The Kier molecular flexibility index (Phi) is 3.70. The van der Waals surface area contributed by atoms with Gasteiger partial charge in [0.25, 0.3) is 5.89 Å². The first-order valence-electron chi connectivity index (χ1n) is 6.96. The number of rotatable bonds is 4. The molecule has 21 heavy (non-hydrogen) atoms. The van der Waals surface area contributed by atoms with Crippen LogP contribution in [0.3, 0.4) is 0 Å². The topological polar surface area (TPSA) is 79.5 Å². The number of carbonyl (C=O) groups is 1. The summed E-state index contributed by atoms with van der Waals surface area (Å²) in [6.45, 7) is 3.85. The Morgan fingerprint density at radius 2 is 2.19 bits per heavy atom. The minimum Gasteiger partial charge on any atom is -0.481 e. The Balaban J connectivity index is 1.66. The molecule has 1 aliphatic heterocycles. The number of hydrogen-bond acceptors (Lipinski definition) is 5. The third-order valence-corrected chi connectivity index (χ3v) is 3.75. The van der Waals surface area contributed by atoms with Crippen LogP contribution in [0.1, 0.15) is 17.8 Å². The van der Waals surface area contributed by atoms with E-state index in [2.05, 4.69) is 10.1 Å². The first-order chi connectivity index (χ1) is 10.1. The zero-order chi connectivity index (χ0) is 14.8. The highest BCUT2D eigenvalue weighted by atomic mass is 16.5. The summed E-state index contributed by atoms with van der Waals surface area (Å²) in [7, 11) is 0. The molecule has 6 nitrogen and oxygen atoms in total. The molecule has 1 aromatic carbocycles. The first-order valence-corrected chi connectivity index (χ1v) is 6.96. The van der Waals surface area contributed by atoms with E-state index in [0.29, 0.717) is 31.2 Å². The van der Waals surface area contributed by atoms with Crippen molar-refractivity contribution in [1.29, 1.82) is 0 Å². The van der Waals surface area contributed by atoms with E-state index in [9.17, 15) is 4.79 Å². The van der Waals surface area contributed by atoms with Gasteiger partial charge in [0, 0.05) is 12.1 Å². The number of benzene rings is 1. The molecule has 2 aromatic rings. The SMILES string of the molecule is Cc1ccc(-c2nc(CN3CCC(C(=O)O)C3)no2)cc1. The van der Waals surface area contributed by atoms with Crippen LogP contribution in [0.4, 0.5) is 0 Å². The smallest absolute Gasteiger partial charge is 0.307 e. The van der Waals surface area contributed by atoms with Crippen LogP contribution in [0.2, 0.25) is 0 Å². The average Bonchev–Trinajstić information content (AvgIpc) is 3.10. The molecule has 0 amide bonds. The summed E-state index contributed by atoms with van der Waals surface area (Å²) in [6, 6.07) is 7.89. The maximum Gasteiger partial charge on any atom is 0.307 e. The number of aliphatic carboxylic acids is 1. The fourth-order valence-corrected chi connectivity index (χ4v) is 2.51. The highest BCUT2D eigenvalue weighted by Crippen LogP contribution is 2.20. The standard InChI is InChI=1S/C15H17N3O3/c1-10-2-4-11(5-3-10)14-16-13(17-21-14)9-18-7-6-12(8-18)15(19)20/h2-5,12H,6-9H2,1H3,(H,19,20). The summed E-state index contributed by atoms with van der Waals surface area (Å²) in [6.07, 6.45) is 0.679. The number of carboxylic acids is 1. The molecule has 0 aliphatic carbocycles. The Bertz CT molecular complexity index is 636. The molecule has 1 saturated heterocycles. The van der Waals surface area contributed by atoms with Gasteiger partial charge in [-0.2, -0.15) is 4.98 Å². The molecule has 0 saturated carbocycles. The highest BCUT2D eigenvalue weighted by molar-refractivity contribution is 5.70. The van der Waals surface area contributed by atoms with E-state index in [0.717, 1.165) is 12.1 Å². The van der Waals surface area contributed by atoms with Crippen LogP contribution < -0.4 is 0 Å². The van der Waals surface area contributed by atoms with Gasteiger partial charge in [0.1, 0.15) is 0 Å². The maximum atomic E-state index is 10.9. The van der Waals surface area contributed by atoms with Gasteiger partial charge in [0.2, 0.25) is 0 Å². The molecule has 1 N–H and O–H groups in total. The summed E-state index contributed by atoms with van der Waals surface area (Å²) in [5.41, 5.74) is 2.07. The Labute approximate surface area is 122 Å². The molecular weight excluding hydrogens is 270 g/mol. The van der Waals surface area contributed by atoms with Gasteiger partial charge in [-0.1, -0.05) is 22.9 Å². The molecule has 0 radical (unpaired) electrons. The zero-order valence-electron chi connectivity index (χ0n) is 11.8. The second-order valence-electron chi connectivity index (χ2n) is 5.44. The second-order valence-corrected chi connectivity index (χ2v) is 5.44. The minimum absolute atomic E-state index is 0.284. The number of hydrogen-bond donors (Lipinski definition) is 1. The molecule has 0 bridgehead atoms. The van der Waals surface area contributed by atoms with Crippen molar-refractivity contribution >= 4 is 5.97 Å². The van der Waals surface area contributed by atoms with Crippen molar-refractivity contribution in [2.45, 2.75) is 19.9 Å². The second kappa shape index (κ2) is 5.65. The lowest BCUT2D eigenvalue weighted by Gasteiger charge is -2.11. The molecular formula is C15H17N3O3. The van der Waals surface area contributed by atoms with E-state index in [1.165, 1.54) is 5.56 Å². The zero-order valence-corrected chi connectivity index (χ0v) is 11.8. The minimum atomic E-state index is -0.731. The van der Waals surface area contributed by atoms with E-state index in [1.807, 2.05) is 36.1 Å². The van der Waals surface area contributed by atoms with Gasteiger partial charge in [-0.15, -0.1) is 0 Å². The Morgan fingerprint density at radius 3 is 2.86 bits per heavy atom. The molecule has 1 atom stereocenters. The number of nitrogens with zero attached hydrogens (tertiary/aromatic N) is 3. The third-order valence-electron chi connectivity index (χ3n) is 3.75. The molecule has 0 spiro atoms. The lowest BCUT2D eigenvalue weighted by atomic mass is 10.1. The quantitative estimate of drug-likeness (QED) is 0.926. The van der Waals surface area contributed by atoms with Crippen LogP contribution in [0.25, 0.3) is 11.5 Å². The van der Waals surface area contributed by atoms with Crippen molar-refractivity contribution in [3.8, 4) is 11.5 Å². The number of aryl methyl sites for hydroxylation is 1. The lowest BCUT2D eigenvalue weighted by Crippen LogP contribution is -2.23. The number of likely N-dealkylation sites (tertiary alicyclic amines) is 1. The van der Waals surface area contributed by atoms with Crippen molar-refractivity contribution in [3.05, 3.63) is 35.7 Å². The molecule has 110 valence electrons. The van der Waals surface area contributed by atoms with Crippen molar-refractivity contribution in [2.24, 2.45) is 5.92 Å². The van der Waals surface area contributed by atoms with Crippen molar-refractivity contribution in [2.75, 3.05) is 13.1 Å². The molecule has 1 unspecified atom stereocenters. The molecule has 6 heteroatoms. The van der Waals surface area contributed by atoms with Crippen LogP contribution in [-0.2, 0) is 11.3 Å². The van der Waals surface area contributed by atoms with Gasteiger partial charge < -0.3 is 9.63 Å². The predicted octanol–water partition coefficient (Wildman–Crippen LogP) is 1.95. The largest absolute Gasteiger partial charge is 0.481 e. The first kappa shape index (κ1) is 13.8. The summed E-state index contributed by atoms with van der Waals surface area (Å²) < 4.78 is 5.27. The van der Waals surface area contributed by atoms with E-state index < -0.39 is 5.97 Å². The van der Waals surface area contributed by atoms with E-state index in [4.69, 9.17) is 9.63 Å². The van der Waals surface area contributed by atoms with Gasteiger partial charge in [0.15, 0.2) is 5.82 Å². The van der Waals surface area contributed by atoms with Crippen LogP contribution >= 0.6 is 0 Å². The van der Waals surface area contributed by atoms with Crippen LogP contribution in [0, 0.1) is 12.8 Å². The monoisotopic (exact) mass is 287 g/mol. The van der Waals surface area contributed by atoms with Gasteiger partial charge in [-0.25, -0.2) is 0 Å². The summed E-state index contributed by atoms with van der Waals surface area (Å²) >= 11 is 0. The Hall–Kier alpha value is -2.21. The average molecular weight is 287 g/mol. The van der Waals surface area contributed by atoms with E-state index in [-0.39, 0.29) is 5.92 Å². The molecule has 3 rings (SSSR count). The summed E-state index contributed by atoms with van der Waals surface area (Å²) in [5.74, 6) is 0.0787. The summed E-state index contributed by atoms with van der Waals surface area (Å²) in [4.78, 5) is 17.4. The predicted molar refractivity (Wildman–Crippen MR) is 75.5 cm³/mol. The number of carboxylic acid groups (broad SMARTS) is 1. The molecule has 2 heterocycles. The van der Waals surface area contributed by atoms with Gasteiger partial charge >= 0.3 is 5.97 Å². The fraction of sp³-hybridized carbons (Fsp3) is 0.400. The van der Waals surface area contributed by atoms with Crippen LogP contribution in [0.5, 0.6) is 0 Å². The van der Waals surface area contributed by atoms with Gasteiger partial charge in [0.05, 0.1) is 12.5 Å². The van der Waals surface area contributed by atoms with Crippen LogP contribution in [0.15, 0.2) is 28.8 Å². The molecule has 1 fully saturated rings. The van der Waals surface area contributed by atoms with Crippen molar-refractivity contribution in [3.63, 3.8) is 0 Å². The van der Waals surface area contributed by atoms with Crippen LogP contribution in [-0.4, -0.2) is 39.2 Å². The Morgan fingerprint density at radius 1 is 1.43 bits per heavy atom. The van der Waals surface area contributed by atoms with Gasteiger partial charge in [-0.3, -0.25) is 9.69 Å². The normalized spacial score (nSPS) is 19.0. The molecule has 1 aliphatic rings. The van der Waals surface area contributed by atoms with E-state index in [1.54, 1.807) is 0 Å².